The molecule has 3 rings (SSSR count). The van der Waals surface area contributed by atoms with Crippen LogP contribution < -0.4 is 20.3 Å². The van der Waals surface area contributed by atoms with Gasteiger partial charge in [0.25, 0.3) is 0 Å². The summed E-state index contributed by atoms with van der Waals surface area (Å²) >= 11 is 0. The fourth-order valence-electron chi connectivity index (χ4n) is 3.04. The largest absolute Gasteiger partial charge is 0.497 e. The van der Waals surface area contributed by atoms with Gasteiger partial charge in [0.2, 0.25) is 17.7 Å². The number of methoxy groups -OCH3 is 1. The molecule has 30 heavy (non-hydrogen) atoms. The number of halogens is 3. The molecule has 1 unspecified atom stereocenters. The van der Waals surface area contributed by atoms with Gasteiger partial charge in [-0.2, -0.15) is 0 Å². The molecule has 158 valence electrons. The summed E-state index contributed by atoms with van der Waals surface area (Å²) in [4.78, 5) is 38.0. The number of benzene rings is 2. The first-order chi connectivity index (χ1) is 14.3. The molecule has 1 aliphatic heterocycles. The SMILES string of the molecule is COc1cccc(N2CC(C(=O)NCC(=O)Nc3ccc(F)c(F)c3F)CC2=O)c1. The number of carbonyl (C=O) groups excluding carboxylic acids is 3. The molecular weight excluding hydrogens is 403 g/mol. The summed E-state index contributed by atoms with van der Waals surface area (Å²) in [5.41, 5.74) is 0.0367. The van der Waals surface area contributed by atoms with E-state index in [0.29, 0.717) is 17.5 Å². The van der Waals surface area contributed by atoms with Crippen LogP contribution in [0.5, 0.6) is 5.75 Å². The number of nitrogens with one attached hydrogen (secondary N) is 2. The lowest BCUT2D eigenvalue weighted by Crippen LogP contribution is -2.38. The van der Waals surface area contributed by atoms with Crippen molar-refractivity contribution in [2.24, 2.45) is 5.92 Å². The van der Waals surface area contributed by atoms with E-state index in [1.54, 1.807) is 24.3 Å². The van der Waals surface area contributed by atoms with E-state index >= 15 is 0 Å². The van der Waals surface area contributed by atoms with Crippen molar-refractivity contribution >= 4 is 29.1 Å². The molecule has 3 amide bonds. The van der Waals surface area contributed by atoms with Gasteiger partial charge in [-0.25, -0.2) is 13.2 Å². The Labute approximate surface area is 169 Å². The molecule has 2 aromatic rings. The van der Waals surface area contributed by atoms with Crippen LogP contribution in [0.2, 0.25) is 0 Å². The fraction of sp³-hybridized carbons (Fsp3) is 0.250. The van der Waals surface area contributed by atoms with Gasteiger partial charge in [-0.15, -0.1) is 0 Å². The van der Waals surface area contributed by atoms with Crippen LogP contribution in [0.4, 0.5) is 24.5 Å². The molecule has 0 radical (unpaired) electrons. The summed E-state index contributed by atoms with van der Waals surface area (Å²) in [6.45, 7) is -0.404. The monoisotopic (exact) mass is 421 g/mol. The van der Waals surface area contributed by atoms with Gasteiger partial charge in [-0.1, -0.05) is 6.07 Å². The normalized spacial score (nSPS) is 15.8. The lowest BCUT2D eigenvalue weighted by atomic mass is 10.1. The molecule has 0 spiro atoms. The van der Waals surface area contributed by atoms with E-state index in [9.17, 15) is 27.6 Å². The Morgan fingerprint density at radius 1 is 1.17 bits per heavy atom. The molecule has 7 nitrogen and oxygen atoms in total. The van der Waals surface area contributed by atoms with E-state index in [1.807, 2.05) is 0 Å². The van der Waals surface area contributed by atoms with Gasteiger partial charge in [-0.3, -0.25) is 14.4 Å². The van der Waals surface area contributed by atoms with Crippen LogP contribution in [0.3, 0.4) is 0 Å². The van der Waals surface area contributed by atoms with Crippen LogP contribution in [0, 0.1) is 23.4 Å². The Balaban J connectivity index is 1.56. The predicted octanol–water partition coefficient (Wildman–Crippen LogP) is 2.22. The topological polar surface area (TPSA) is 87.7 Å². The van der Waals surface area contributed by atoms with Crippen molar-refractivity contribution in [2.45, 2.75) is 6.42 Å². The first kappa shape index (κ1) is 21.2. The average Bonchev–Trinajstić information content (AvgIpc) is 3.14. The Morgan fingerprint density at radius 2 is 1.93 bits per heavy atom. The number of carbonyl (C=O) groups is 3. The Hall–Kier alpha value is -3.56. The van der Waals surface area contributed by atoms with Crippen molar-refractivity contribution < 1.29 is 32.3 Å². The highest BCUT2D eigenvalue weighted by Crippen LogP contribution is 2.28. The van der Waals surface area contributed by atoms with Crippen molar-refractivity contribution in [3.8, 4) is 5.75 Å². The summed E-state index contributed by atoms with van der Waals surface area (Å²) < 4.78 is 44.9. The fourth-order valence-corrected chi connectivity index (χ4v) is 3.04. The molecular formula is C20H18F3N3O4. The second kappa shape index (κ2) is 8.85. The minimum absolute atomic E-state index is 0.0392. The van der Waals surface area contributed by atoms with Crippen molar-refractivity contribution in [3.63, 3.8) is 0 Å². The Kier molecular flexibility index (Phi) is 6.24. The van der Waals surface area contributed by atoms with Gasteiger partial charge in [0.1, 0.15) is 5.75 Å². The minimum atomic E-state index is -1.71. The molecule has 0 bridgehead atoms. The van der Waals surface area contributed by atoms with Crippen molar-refractivity contribution in [1.29, 1.82) is 0 Å². The number of amides is 3. The lowest BCUT2D eigenvalue weighted by Gasteiger charge is -2.17. The third kappa shape index (κ3) is 4.53. The third-order valence-electron chi connectivity index (χ3n) is 4.59. The number of ether oxygens (including phenoxy) is 1. The van der Waals surface area contributed by atoms with E-state index in [4.69, 9.17) is 4.74 Å². The summed E-state index contributed by atoms with van der Waals surface area (Å²) in [6.07, 6.45) is -0.0392. The summed E-state index contributed by atoms with van der Waals surface area (Å²) in [5, 5.41) is 4.41. The van der Waals surface area contributed by atoms with Crippen LogP contribution in [0.15, 0.2) is 36.4 Å². The second-order valence-corrected chi connectivity index (χ2v) is 6.60. The zero-order chi connectivity index (χ0) is 21.8. The molecule has 1 heterocycles. The van der Waals surface area contributed by atoms with Crippen LogP contribution in [0.25, 0.3) is 0 Å². The van der Waals surface area contributed by atoms with Crippen LogP contribution in [-0.4, -0.2) is 37.9 Å². The third-order valence-corrected chi connectivity index (χ3v) is 4.59. The maximum atomic E-state index is 13.6. The zero-order valence-corrected chi connectivity index (χ0v) is 15.9. The maximum Gasteiger partial charge on any atom is 0.243 e. The van der Waals surface area contributed by atoms with Crippen LogP contribution in [-0.2, 0) is 14.4 Å². The predicted molar refractivity (Wildman–Crippen MR) is 101 cm³/mol. The van der Waals surface area contributed by atoms with E-state index < -0.39 is 47.4 Å². The molecule has 1 saturated heterocycles. The highest BCUT2D eigenvalue weighted by atomic mass is 19.2. The molecule has 0 aliphatic carbocycles. The highest BCUT2D eigenvalue weighted by molar-refractivity contribution is 6.01. The van der Waals surface area contributed by atoms with Gasteiger partial charge in [-0.05, 0) is 24.3 Å². The smallest absolute Gasteiger partial charge is 0.243 e. The quantitative estimate of drug-likeness (QED) is 0.701. The van der Waals surface area contributed by atoms with Gasteiger partial charge >= 0.3 is 0 Å². The average molecular weight is 421 g/mol. The highest BCUT2D eigenvalue weighted by Gasteiger charge is 2.35. The van der Waals surface area contributed by atoms with Crippen molar-refractivity contribution in [3.05, 3.63) is 53.8 Å². The van der Waals surface area contributed by atoms with Crippen molar-refractivity contribution in [2.75, 3.05) is 30.4 Å². The van der Waals surface area contributed by atoms with E-state index in [2.05, 4.69) is 10.6 Å². The zero-order valence-electron chi connectivity index (χ0n) is 15.9. The molecule has 1 aliphatic rings. The Morgan fingerprint density at radius 3 is 2.67 bits per heavy atom. The summed E-state index contributed by atoms with van der Waals surface area (Å²) in [5.74, 6) is -6.37. The molecule has 0 aromatic heterocycles. The van der Waals surface area contributed by atoms with Gasteiger partial charge in [0.15, 0.2) is 17.5 Å². The molecule has 2 aromatic carbocycles. The summed E-state index contributed by atoms with van der Waals surface area (Å²) in [6, 6.07) is 8.37. The van der Waals surface area contributed by atoms with Crippen LogP contribution in [0.1, 0.15) is 6.42 Å². The van der Waals surface area contributed by atoms with Gasteiger partial charge in [0, 0.05) is 24.7 Å². The minimum Gasteiger partial charge on any atom is -0.497 e. The van der Waals surface area contributed by atoms with E-state index in [1.165, 1.54) is 12.0 Å². The lowest BCUT2D eigenvalue weighted by molar-refractivity contribution is -0.127. The molecule has 2 N–H and O–H groups in total. The van der Waals surface area contributed by atoms with Crippen LogP contribution >= 0.6 is 0 Å². The first-order valence-corrected chi connectivity index (χ1v) is 8.95. The number of hydrogen-bond acceptors (Lipinski definition) is 4. The number of anilines is 2. The first-order valence-electron chi connectivity index (χ1n) is 8.95. The molecule has 0 saturated carbocycles. The maximum absolute atomic E-state index is 13.6. The molecule has 1 fully saturated rings. The van der Waals surface area contributed by atoms with Gasteiger partial charge in [0.05, 0.1) is 25.3 Å². The number of nitrogens with zero attached hydrogens (tertiary/aromatic N) is 1. The molecule has 1 atom stereocenters. The number of hydrogen-bond donors (Lipinski definition) is 2. The summed E-state index contributed by atoms with van der Waals surface area (Å²) in [7, 11) is 1.50. The Bertz CT molecular complexity index is 999. The van der Waals surface area contributed by atoms with Gasteiger partial charge < -0.3 is 20.3 Å². The second-order valence-electron chi connectivity index (χ2n) is 6.60. The van der Waals surface area contributed by atoms with E-state index in [0.717, 1.165) is 6.07 Å². The molecule has 10 heteroatoms. The van der Waals surface area contributed by atoms with Crippen molar-refractivity contribution in [1.82, 2.24) is 5.32 Å². The number of rotatable bonds is 6. The standard InChI is InChI=1S/C20H18F3N3O4/c1-30-13-4-2-3-12(8-13)26-10-11(7-17(26)28)20(29)24-9-16(27)25-15-6-5-14(21)18(22)19(15)23/h2-6,8,11H,7,9-10H2,1H3,(H,24,29)(H,25,27). The van der Waals surface area contributed by atoms with E-state index in [-0.39, 0.29) is 18.9 Å².